The second kappa shape index (κ2) is 11.5. The number of ether oxygens (including phenoxy) is 1. The van der Waals surface area contributed by atoms with Gasteiger partial charge in [0.05, 0.1) is 23.2 Å². The van der Waals surface area contributed by atoms with Crippen LogP contribution in [0.3, 0.4) is 0 Å². The van der Waals surface area contributed by atoms with Crippen LogP contribution in [0.5, 0.6) is 5.75 Å². The lowest BCUT2D eigenvalue weighted by atomic mass is 10.2. The summed E-state index contributed by atoms with van der Waals surface area (Å²) in [4.78, 5) is 28.7. The Morgan fingerprint density at radius 2 is 1.97 bits per heavy atom. The average Bonchev–Trinajstić information content (AvgIpc) is 3.37. The number of hydrogen-bond donors (Lipinski definition) is 1. The summed E-state index contributed by atoms with van der Waals surface area (Å²) in [6.45, 7) is 1.08. The maximum atomic E-state index is 12.8. The van der Waals surface area contributed by atoms with Gasteiger partial charge in [-0.05, 0) is 23.8 Å². The number of nitrogens with one attached hydrogen (secondary N) is 1. The fraction of sp³-hybridized carbons (Fsp3) is 0.125. The van der Waals surface area contributed by atoms with Crippen LogP contribution in [0.2, 0.25) is 0 Å². The SMILES string of the molecule is O=C(NN=Cc1cc([N+](=O)[O-])ccc1SC1=NCCS1)c1ccccc1OCc1ccccc1. The molecule has 3 aromatic rings. The fourth-order valence-electron chi connectivity index (χ4n) is 3.05. The number of hydrogen-bond acceptors (Lipinski definition) is 8. The van der Waals surface area contributed by atoms with Crippen molar-refractivity contribution < 1.29 is 14.5 Å². The molecular weight excluding hydrogens is 472 g/mol. The largest absolute Gasteiger partial charge is 0.488 e. The molecule has 34 heavy (non-hydrogen) atoms. The number of non-ortho nitro benzene ring substituents is 1. The molecule has 0 fully saturated rings. The molecule has 0 spiro atoms. The molecule has 1 amide bonds. The summed E-state index contributed by atoms with van der Waals surface area (Å²) in [5.41, 5.74) is 4.27. The van der Waals surface area contributed by atoms with Gasteiger partial charge in [-0.1, -0.05) is 66.0 Å². The normalized spacial score (nSPS) is 13.0. The first-order valence-corrected chi connectivity index (χ1v) is 12.1. The highest BCUT2D eigenvalue weighted by molar-refractivity contribution is 8.39. The zero-order chi connectivity index (χ0) is 23.8. The Bertz CT molecular complexity index is 1250. The highest BCUT2D eigenvalue weighted by Gasteiger charge is 2.15. The zero-order valence-corrected chi connectivity index (χ0v) is 19.6. The van der Waals surface area contributed by atoms with E-state index >= 15 is 0 Å². The van der Waals surface area contributed by atoms with Crippen molar-refractivity contribution >= 4 is 45.7 Å². The summed E-state index contributed by atoms with van der Waals surface area (Å²) >= 11 is 3.06. The molecule has 3 aromatic carbocycles. The molecule has 8 nitrogen and oxygen atoms in total. The molecule has 1 N–H and O–H groups in total. The Morgan fingerprint density at radius 3 is 2.74 bits per heavy atom. The number of para-hydroxylation sites is 1. The standard InChI is InChI=1S/C24H20N4O4S2/c29-23(20-8-4-5-9-21(20)32-16-17-6-2-1-3-7-17)27-26-15-18-14-19(28(30)31)10-11-22(18)34-24-25-12-13-33-24/h1-11,14-15H,12-13,16H2,(H,27,29). The zero-order valence-electron chi connectivity index (χ0n) is 17.9. The van der Waals surface area contributed by atoms with Gasteiger partial charge in [0.2, 0.25) is 0 Å². The Morgan fingerprint density at radius 1 is 1.18 bits per heavy atom. The molecule has 0 aromatic heterocycles. The van der Waals surface area contributed by atoms with Crippen molar-refractivity contribution in [2.45, 2.75) is 11.5 Å². The maximum absolute atomic E-state index is 12.8. The second-order valence-corrected chi connectivity index (χ2v) is 9.42. The Labute approximate surface area is 204 Å². The summed E-state index contributed by atoms with van der Waals surface area (Å²) in [6, 6.07) is 21.1. The van der Waals surface area contributed by atoms with Crippen LogP contribution in [0.1, 0.15) is 21.5 Å². The molecule has 10 heteroatoms. The molecule has 1 aliphatic rings. The third-order valence-corrected chi connectivity index (χ3v) is 6.96. The molecule has 0 unspecified atom stereocenters. The van der Waals surface area contributed by atoms with Gasteiger partial charge in [-0.2, -0.15) is 5.10 Å². The molecule has 172 valence electrons. The van der Waals surface area contributed by atoms with Crippen molar-refractivity contribution in [3.63, 3.8) is 0 Å². The Kier molecular flexibility index (Phi) is 7.95. The third-order valence-electron chi connectivity index (χ3n) is 4.70. The van der Waals surface area contributed by atoms with E-state index in [0.717, 1.165) is 27.1 Å². The molecule has 0 saturated carbocycles. The molecular formula is C24H20N4O4S2. The van der Waals surface area contributed by atoms with Crippen LogP contribution >= 0.6 is 23.5 Å². The highest BCUT2D eigenvalue weighted by atomic mass is 32.2. The molecule has 0 bridgehead atoms. The van der Waals surface area contributed by atoms with E-state index in [2.05, 4.69) is 15.5 Å². The number of hydrazone groups is 1. The molecule has 0 radical (unpaired) electrons. The number of nitro groups is 1. The van der Waals surface area contributed by atoms with Crippen LogP contribution in [0.25, 0.3) is 0 Å². The molecule has 1 aliphatic heterocycles. The lowest BCUT2D eigenvalue weighted by molar-refractivity contribution is -0.384. The number of carbonyl (C=O) groups is 1. The van der Waals surface area contributed by atoms with Gasteiger partial charge in [0.25, 0.3) is 11.6 Å². The molecule has 4 rings (SSSR count). The van der Waals surface area contributed by atoms with Gasteiger partial charge in [0.1, 0.15) is 16.7 Å². The van der Waals surface area contributed by atoms with E-state index in [0.29, 0.717) is 23.5 Å². The number of nitro benzene ring substituents is 1. The van der Waals surface area contributed by atoms with Crippen LogP contribution in [0.4, 0.5) is 5.69 Å². The number of nitrogens with zero attached hydrogens (tertiary/aromatic N) is 3. The topological polar surface area (TPSA) is 106 Å². The monoisotopic (exact) mass is 492 g/mol. The maximum Gasteiger partial charge on any atom is 0.275 e. The number of rotatable bonds is 8. The van der Waals surface area contributed by atoms with E-state index in [1.165, 1.54) is 30.1 Å². The summed E-state index contributed by atoms with van der Waals surface area (Å²) in [5.74, 6) is 0.901. The summed E-state index contributed by atoms with van der Waals surface area (Å²) < 4.78 is 6.74. The minimum Gasteiger partial charge on any atom is -0.488 e. The lowest BCUT2D eigenvalue weighted by Gasteiger charge is -2.10. The smallest absolute Gasteiger partial charge is 0.275 e. The van der Waals surface area contributed by atoms with Gasteiger partial charge < -0.3 is 4.74 Å². The van der Waals surface area contributed by atoms with Crippen molar-refractivity contribution in [3.8, 4) is 5.75 Å². The van der Waals surface area contributed by atoms with E-state index < -0.39 is 10.8 Å². The van der Waals surface area contributed by atoms with Crippen molar-refractivity contribution in [3.05, 3.63) is 99.6 Å². The summed E-state index contributed by atoms with van der Waals surface area (Å²) in [7, 11) is 0. The van der Waals surface area contributed by atoms with Crippen molar-refractivity contribution in [2.24, 2.45) is 10.1 Å². The molecule has 0 saturated heterocycles. The van der Waals surface area contributed by atoms with E-state index in [1.807, 2.05) is 30.3 Å². The van der Waals surface area contributed by atoms with Crippen LogP contribution in [-0.4, -0.2) is 33.7 Å². The first kappa shape index (κ1) is 23.5. The first-order valence-electron chi connectivity index (χ1n) is 10.3. The van der Waals surface area contributed by atoms with Gasteiger partial charge in [-0.25, -0.2) is 5.43 Å². The fourth-order valence-corrected chi connectivity index (χ4v) is 5.06. The second-order valence-electron chi connectivity index (χ2n) is 7.05. The quantitative estimate of drug-likeness (QED) is 0.265. The molecule has 0 atom stereocenters. The Hall–Kier alpha value is -3.63. The van der Waals surface area contributed by atoms with Gasteiger partial charge in [-0.15, -0.1) is 0 Å². The molecule has 1 heterocycles. The highest BCUT2D eigenvalue weighted by Crippen LogP contribution is 2.32. The van der Waals surface area contributed by atoms with Gasteiger partial charge >= 0.3 is 0 Å². The first-order chi connectivity index (χ1) is 16.6. The van der Waals surface area contributed by atoms with Crippen LogP contribution in [-0.2, 0) is 6.61 Å². The third kappa shape index (κ3) is 6.24. The lowest BCUT2D eigenvalue weighted by Crippen LogP contribution is -2.18. The van der Waals surface area contributed by atoms with Gasteiger partial charge in [-0.3, -0.25) is 19.9 Å². The van der Waals surface area contributed by atoms with Crippen LogP contribution in [0, 0.1) is 10.1 Å². The predicted molar refractivity (Wildman–Crippen MR) is 136 cm³/mol. The van der Waals surface area contributed by atoms with Crippen molar-refractivity contribution in [1.29, 1.82) is 0 Å². The minimum absolute atomic E-state index is 0.0576. The van der Waals surface area contributed by atoms with Gasteiger partial charge in [0, 0.05) is 28.3 Å². The van der Waals surface area contributed by atoms with Crippen LogP contribution < -0.4 is 10.2 Å². The average molecular weight is 493 g/mol. The summed E-state index contributed by atoms with van der Waals surface area (Å²) in [6.07, 6.45) is 1.40. The number of amides is 1. The van der Waals surface area contributed by atoms with E-state index in [9.17, 15) is 14.9 Å². The van der Waals surface area contributed by atoms with E-state index in [-0.39, 0.29) is 5.69 Å². The number of thioether (sulfide) groups is 2. The van der Waals surface area contributed by atoms with E-state index in [4.69, 9.17) is 4.74 Å². The molecule has 0 aliphatic carbocycles. The van der Waals surface area contributed by atoms with Crippen molar-refractivity contribution in [1.82, 2.24) is 5.43 Å². The van der Waals surface area contributed by atoms with E-state index in [1.54, 1.807) is 42.1 Å². The van der Waals surface area contributed by atoms with Crippen molar-refractivity contribution in [2.75, 3.05) is 12.3 Å². The number of aliphatic imine (C=N–C) groups is 1. The number of carbonyl (C=O) groups excluding carboxylic acids is 1. The van der Waals surface area contributed by atoms with Crippen LogP contribution in [0.15, 0.2) is 87.8 Å². The predicted octanol–water partition coefficient (Wildman–Crippen LogP) is 5.13. The Balaban J connectivity index is 1.47. The van der Waals surface area contributed by atoms with Gasteiger partial charge in [0.15, 0.2) is 0 Å². The number of benzene rings is 3. The minimum atomic E-state index is -0.466. The summed E-state index contributed by atoms with van der Waals surface area (Å²) in [5, 5.41) is 15.3.